The Hall–Kier alpha value is -5.18. The number of benzene rings is 2. The van der Waals surface area contributed by atoms with E-state index in [2.05, 4.69) is 27.2 Å². The number of hydrazine groups is 1. The van der Waals surface area contributed by atoms with Gasteiger partial charge in [-0.05, 0) is 101 Å². The second kappa shape index (κ2) is 15.4. The van der Waals surface area contributed by atoms with Crippen LogP contribution in [0, 0.1) is 17.8 Å². The maximum Gasteiger partial charge on any atom is 0.426 e. The molecule has 3 saturated carbocycles. The Bertz CT molecular complexity index is 2090. The number of oxime groups is 1. The van der Waals surface area contributed by atoms with Gasteiger partial charge in [0.1, 0.15) is 35.3 Å². The topological polar surface area (TPSA) is 182 Å². The fourth-order valence-electron chi connectivity index (χ4n) is 7.70. The number of hydrogen-bond acceptors (Lipinski definition) is 10. The lowest BCUT2D eigenvalue weighted by molar-refractivity contribution is -0.144. The highest BCUT2D eigenvalue weighted by molar-refractivity contribution is 7.91. The molecule has 14 nitrogen and oxygen atoms in total. The number of carbonyl (C=O) groups excluding carboxylic acids is 4. The number of sulfonamides is 1. The largest absolute Gasteiger partial charge is 0.490 e. The molecule has 3 N–H and O–H groups in total. The van der Waals surface area contributed by atoms with Gasteiger partial charge in [-0.1, -0.05) is 47.6 Å². The van der Waals surface area contributed by atoms with Crippen molar-refractivity contribution in [2.45, 2.75) is 94.6 Å². The minimum Gasteiger partial charge on any atom is -0.490 e. The summed E-state index contributed by atoms with van der Waals surface area (Å²) in [6, 6.07) is 13.7. The van der Waals surface area contributed by atoms with E-state index in [0.29, 0.717) is 50.2 Å². The van der Waals surface area contributed by atoms with Gasteiger partial charge in [0.15, 0.2) is 0 Å². The van der Waals surface area contributed by atoms with Crippen molar-refractivity contribution >= 4 is 39.5 Å². The molecule has 2 aromatic carbocycles. The molecule has 0 spiro atoms. The lowest BCUT2D eigenvalue weighted by atomic mass is 9.93. The zero-order valence-electron chi connectivity index (χ0n) is 31.9. The van der Waals surface area contributed by atoms with Crippen LogP contribution in [-0.4, -0.2) is 78.6 Å². The lowest BCUT2D eigenvalue weighted by Crippen LogP contribution is -2.55. The first-order valence-electron chi connectivity index (χ1n) is 19.3. The van der Waals surface area contributed by atoms with Crippen LogP contribution in [0.15, 0.2) is 72.4 Å². The Labute approximate surface area is 327 Å². The van der Waals surface area contributed by atoms with Crippen molar-refractivity contribution in [3.63, 3.8) is 0 Å². The van der Waals surface area contributed by atoms with Gasteiger partial charge in [-0.3, -0.25) is 24.1 Å². The maximum atomic E-state index is 14.6. The first-order chi connectivity index (χ1) is 26.7. The predicted molar refractivity (Wildman–Crippen MR) is 207 cm³/mol. The van der Waals surface area contributed by atoms with Gasteiger partial charge in [0.05, 0.1) is 17.1 Å². The monoisotopic (exact) mass is 787 g/mol. The van der Waals surface area contributed by atoms with Crippen LogP contribution in [0.5, 0.6) is 5.75 Å². The summed E-state index contributed by atoms with van der Waals surface area (Å²) < 4.78 is 39.2. The number of carbonyl (C=O) groups is 4. The first kappa shape index (κ1) is 39.1. The van der Waals surface area contributed by atoms with Crippen LogP contribution in [0.2, 0.25) is 0 Å². The molecule has 15 heteroatoms. The molecular weight excluding hydrogens is 739 g/mol. The molecule has 0 aromatic heterocycles. The van der Waals surface area contributed by atoms with Crippen molar-refractivity contribution < 1.29 is 41.9 Å². The summed E-state index contributed by atoms with van der Waals surface area (Å²) in [5.74, 6) is -3.85. The first-order valence-corrected chi connectivity index (χ1v) is 20.8. The van der Waals surface area contributed by atoms with Crippen molar-refractivity contribution in [2.24, 2.45) is 22.9 Å². The molecule has 7 rings (SSSR count). The fourth-order valence-corrected chi connectivity index (χ4v) is 9.07. The van der Waals surface area contributed by atoms with Gasteiger partial charge >= 0.3 is 6.09 Å². The van der Waals surface area contributed by atoms with E-state index in [0.717, 1.165) is 22.3 Å². The molecule has 0 saturated heterocycles. The second-order valence-corrected chi connectivity index (χ2v) is 18.1. The Morgan fingerprint density at radius 1 is 1.02 bits per heavy atom. The summed E-state index contributed by atoms with van der Waals surface area (Å²) >= 11 is 0. The molecule has 1 heterocycles. The maximum absolute atomic E-state index is 14.6. The molecule has 4 bridgehead atoms. The number of fused-ring (bicyclic) bond motifs is 6. The quantitative estimate of drug-likeness (QED) is 0.281. The van der Waals surface area contributed by atoms with Crippen LogP contribution in [-0.2, 0) is 34.0 Å². The van der Waals surface area contributed by atoms with E-state index >= 15 is 0 Å². The highest BCUT2D eigenvalue weighted by Crippen LogP contribution is 2.47. The van der Waals surface area contributed by atoms with Gasteiger partial charge in [0, 0.05) is 23.6 Å². The standard InChI is InChI=1S/C41H49N5O9S/c1-5-25-24-41(25,38(49)45-56(51,52)28-16-17-28)42-36(47)33-22-27-23-34(33)37(48)46(43-39(50)54-40(2,3)4)19-11-7-6-8-12-20-53-26-15-18-30-29-13-9-10-14-31(29)35(44-55-27)32(30)21-26/h5,8-10,12-15,18,21,25,27-28,33-34H,1,6-7,11,16-17,19-20,22-24H2,2-4H3,(H,42,47)(H,43,50)(H,45,49)/b12-8-,44-35+/t25-,27-,33-,34-,41-/m1/s1. The van der Waals surface area contributed by atoms with Crippen molar-refractivity contribution in [3.8, 4) is 16.9 Å². The fraction of sp³-hybridized carbons (Fsp3) is 0.488. The third-order valence-electron chi connectivity index (χ3n) is 10.8. The van der Waals surface area contributed by atoms with Crippen LogP contribution in [0.25, 0.3) is 11.1 Å². The number of ether oxygens (including phenoxy) is 2. The zero-order chi connectivity index (χ0) is 39.8. The van der Waals surface area contributed by atoms with E-state index in [1.54, 1.807) is 20.8 Å². The van der Waals surface area contributed by atoms with Crippen molar-refractivity contribution in [2.75, 3.05) is 13.2 Å². The van der Waals surface area contributed by atoms with E-state index in [9.17, 15) is 27.6 Å². The Balaban J connectivity index is 1.21. The molecule has 2 aromatic rings. The molecule has 4 amide bonds. The van der Waals surface area contributed by atoms with Crippen LogP contribution in [0.3, 0.4) is 0 Å². The van der Waals surface area contributed by atoms with E-state index in [1.807, 2.05) is 54.6 Å². The van der Waals surface area contributed by atoms with Gasteiger partial charge in [-0.25, -0.2) is 18.6 Å². The third-order valence-corrected chi connectivity index (χ3v) is 12.7. The predicted octanol–water partition coefficient (Wildman–Crippen LogP) is 4.89. The van der Waals surface area contributed by atoms with E-state index in [-0.39, 0.29) is 25.8 Å². The summed E-state index contributed by atoms with van der Waals surface area (Å²) in [7, 11) is -3.90. The molecule has 5 atom stereocenters. The van der Waals surface area contributed by atoms with Gasteiger partial charge in [0.25, 0.3) is 5.91 Å². The highest BCUT2D eigenvalue weighted by atomic mass is 32.2. The third kappa shape index (κ3) is 8.32. The number of rotatable bonds is 7. The normalized spacial score (nSPS) is 27.7. The molecule has 298 valence electrons. The Morgan fingerprint density at radius 3 is 2.48 bits per heavy atom. The SMILES string of the molecule is C=C[C@@H]1C[C@]1(NC(=O)[C@@H]1C[C@@H]2C[C@H]1C(=O)N(NC(=O)OC(C)(C)C)CCCC/C=C\COc1ccc3c(c1)/C(=N/O2)c1ccccc1-3)C(=O)NS(=O)(=O)C1CC1. The minimum atomic E-state index is -3.90. The van der Waals surface area contributed by atoms with E-state index in [1.165, 1.54) is 11.1 Å². The zero-order valence-corrected chi connectivity index (χ0v) is 32.7. The van der Waals surface area contributed by atoms with E-state index in [4.69, 9.17) is 14.3 Å². The molecule has 1 aliphatic heterocycles. The molecule has 0 unspecified atom stereocenters. The highest BCUT2D eigenvalue weighted by Gasteiger charge is 2.62. The minimum absolute atomic E-state index is 0.0541. The van der Waals surface area contributed by atoms with Crippen molar-refractivity contribution in [1.82, 2.24) is 20.5 Å². The van der Waals surface area contributed by atoms with Crippen LogP contribution < -0.4 is 20.2 Å². The van der Waals surface area contributed by atoms with Gasteiger partial charge in [-0.15, -0.1) is 6.58 Å². The average Bonchev–Trinajstić information content (AvgIpc) is 4.06. The summed E-state index contributed by atoms with van der Waals surface area (Å²) in [5, 5.41) is 8.04. The van der Waals surface area contributed by atoms with Crippen LogP contribution >= 0.6 is 0 Å². The summed E-state index contributed by atoms with van der Waals surface area (Å²) in [6.45, 7) is 9.43. The molecule has 0 radical (unpaired) electrons. The Kier molecular flexibility index (Phi) is 10.7. The lowest BCUT2D eigenvalue weighted by Gasteiger charge is -2.30. The van der Waals surface area contributed by atoms with E-state index < -0.39 is 74.1 Å². The van der Waals surface area contributed by atoms with Crippen LogP contribution in [0.1, 0.15) is 83.3 Å². The number of amides is 4. The number of hydrogen-bond donors (Lipinski definition) is 3. The molecule has 3 fully saturated rings. The van der Waals surface area contributed by atoms with Crippen molar-refractivity contribution in [1.29, 1.82) is 0 Å². The van der Waals surface area contributed by atoms with Gasteiger partial charge in [-0.2, -0.15) is 0 Å². The van der Waals surface area contributed by atoms with Gasteiger partial charge in [0.2, 0.25) is 21.8 Å². The molecule has 5 aliphatic rings. The summed E-state index contributed by atoms with van der Waals surface area (Å²) in [5.41, 5.74) is 4.43. The van der Waals surface area contributed by atoms with Gasteiger partial charge < -0.3 is 19.6 Å². The summed E-state index contributed by atoms with van der Waals surface area (Å²) in [4.78, 5) is 61.7. The Morgan fingerprint density at radius 2 is 1.77 bits per heavy atom. The van der Waals surface area contributed by atoms with Crippen molar-refractivity contribution in [3.05, 3.63) is 78.4 Å². The molecular formula is C41H49N5O9S. The number of nitrogens with zero attached hydrogens (tertiary/aromatic N) is 2. The molecule has 56 heavy (non-hydrogen) atoms. The average molecular weight is 788 g/mol. The van der Waals surface area contributed by atoms with Crippen LogP contribution in [0.4, 0.5) is 4.79 Å². The molecule has 4 aliphatic carbocycles. The number of nitrogens with one attached hydrogen (secondary N) is 3. The second-order valence-electron chi connectivity index (χ2n) is 16.2. The smallest absolute Gasteiger partial charge is 0.426 e. The summed E-state index contributed by atoms with van der Waals surface area (Å²) in [6.07, 6.45) is 7.01. The number of allylic oxidation sites excluding steroid dienone is 1.